The van der Waals surface area contributed by atoms with Crippen LogP contribution >= 0.6 is 11.6 Å². The van der Waals surface area contributed by atoms with Crippen LogP contribution in [-0.4, -0.2) is 12.0 Å². The SMILES string of the molecule is CN[C@@H](C)c1cnc(Cl)c(C)c1. The van der Waals surface area contributed by atoms with Crippen LogP contribution in [-0.2, 0) is 0 Å². The lowest BCUT2D eigenvalue weighted by Crippen LogP contribution is -2.12. The first kappa shape index (κ1) is 9.49. The molecule has 0 bridgehead atoms. The van der Waals surface area contributed by atoms with E-state index in [0.717, 1.165) is 5.56 Å². The summed E-state index contributed by atoms with van der Waals surface area (Å²) in [7, 11) is 1.93. The van der Waals surface area contributed by atoms with Gasteiger partial charge in [0.2, 0.25) is 0 Å². The van der Waals surface area contributed by atoms with Crippen LogP contribution in [0, 0.1) is 6.92 Å². The third-order valence-corrected chi connectivity index (χ3v) is 2.36. The number of nitrogens with zero attached hydrogens (tertiary/aromatic N) is 1. The predicted molar refractivity (Wildman–Crippen MR) is 51.5 cm³/mol. The molecule has 0 spiro atoms. The first-order chi connectivity index (χ1) is 5.65. The van der Waals surface area contributed by atoms with Gasteiger partial charge in [-0.1, -0.05) is 11.6 Å². The summed E-state index contributed by atoms with van der Waals surface area (Å²) in [5.74, 6) is 0. The highest BCUT2D eigenvalue weighted by molar-refractivity contribution is 6.30. The monoisotopic (exact) mass is 184 g/mol. The summed E-state index contributed by atoms with van der Waals surface area (Å²) in [6, 6.07) is 2.38. The van der Waals surface area contributed by atoms with Gasteiger partial charge in [0.25, 0.3) is 0 Å². The standard InChI is InChI=1S/C9H13ClN2/c1-6-4-8(7(2)11-3)5-12-9(6)10/h4-5,7,11H,1-3H3/t7-/m0/s1. The number of hydrogen-bond donors (Lipinski definition) is 1. The van der Waals surface area contributed by atoms with E-state index >= 15 is 0 Å². The Bertz CT molecular complexity index is 273. The van der Waals surface area contributed by atoms with E-state index in [4.69, 9.17) is 11.6 Å². The van der Waals surface area contributed by atoms with Crippen LogP contribution in [0.25, 0.3) is 0 Å². The number of aromatic nitrogens is 1. The summed E-state index contributed by atoms with van der Waals surface area (Å²) in [6.45, 7) is 4.05. The van der Waals surface area contributed by atoms with Crippen molar-refractivity contribution in [2.75, 3.05) is 7.05 Å². The van der Waals surface area contributed by atoms with Gasteiger partial charge in [-0.05, 0) is 38.1 Å². The lowest BCUT2D eigenvalue weighted by molar-refractivity contribution is 0.649. The topological polar surface area (TPSA) is 24.9 Å². The van der Waals surface area contributed by atoms with E-state index in [1.807, 2.05) is 14.0 Å². The summed E-state index contributed by atoms with van der Waals surface area (Å²) in [5.41, 5.74) is 2.19. The van der Waals surface area contributed by atoms with Gasteiger partial charge in [0.15, 0.2) is 0 Å². The highest BCUT2D eigenvalue weighted by Crippen LogP contribution is 2.17. The van der Waals surface area contributed by atoms with Gasteiger partial charge in [0.05, 0.1) is 0 Å². The van der Waals surface area contributed by atoms with E-state index in [1.54, 1.807) is 6.20 Å². The second kappa shape index (κ2) is 3.87. The molecule has 0 aliphatic carbocycles. The molecule has 0 radical (unpaired) electrons. The van der Waals surface area contributed by atoms with E-state index in [9.17, 15) is 0 Å². The van der Waals surface area contributed by atoms with Gasteiger partial charge < -0.3 is 5.32 Å². The molecule has 1 aromatic heterocycles. The van der Waals surface area contributed by atoms with Gasteiger partial charge in [-0.15, -0.1) is 0 Å². The summed E-state index contributed by atoms with van der Waals surface area (Å²) < 4.78 is 0. The molecule has 12 heavy (non-hydrogen) atoms. The molecule has 0 fully saturated rings. The molecule has 1 rings (SSSR count). The van der Waals surface area contributed by atoms with Crippen LogP contribution < -0.4 is 5.32 Å². The Morgan fingerprint density at radius 1 is 1.58 bits per heavy atom. The zero-order chi connectivity index (χ0) is 9.14. The first-order valence-electron chi connectivity index (χ1n) is 3.94. The smallest absolute Gasteiger partial charge is 0.131 e. The molecule has 0 aliphatic heterocycles. The quantitative estimate of drug-likeness (QED) is 0.714. The van der Waals surface area contributed by atoms with Crippen molar-refractivity contribution in [2.24, 2.45) is 0 Å². The largest absolute Gasteiger partial charge is 0.313 e. The van der Waals surface area contributed by atoms with Crippen molar-refractivity contribution in [1.82, 2.24) is 10.3 Å². The molecule has 2 nitrogen and oxygen atoms in total. The van der Waals surface area contributed by atoms with Crippen LogP contribution in [0.1, 0.15) is 24.1 Å². The Kier molecular flexibility index (Phi) is 3.06. The lowest BCUT2D eigenvalue weighted by Gasteiger charge is -2.10. The molecule has 0 aromatic carbocycles. The number of halogens is 1. The van der Waals surface area contributed by atoms with Crippen LogP contribution in [0.2, 0.25) is 5.15 Å². The third kappa shape index (κ3) is 1.96. The zero-order valence-electron chi connectivity index (χ0n) is 7.56. The maximum atomic E-state index is 5.80. The average Bonchev–Trinajstić information content (AvgIpc) is 2.08. The van der Waals surface area contributed by atoms with Crippen LogP contribution in [0.4, 0.5) is 0 Å². The fourth-order valence-electron chi connectivity index (χ4n) is 0.983. The zero-order valence-corrected chi connectivity index (χ0v) is 8.31. The first-order valence-corrected chi connectivity index (χ1v) is 4.32. The number of hydrogen-bond acceptors (Lipinski definition) is 2. The maximum Gasteiger partial charge on any atom is 0.131 e. The Morgan fingerprint density at radius 3 is 2.75 bits per heavy atom. The molecule has 1 heterocycles. The second-order valence-electron chi connectivity index (χ2n) is 2.89. The summed E-state index contributed by atoms with van der Waals surface area (Å²) in [5, 5.41) is 3.73. The highest BCUT2D eigenvalue weighted by Gasteiger charge is 2.04. The third-order valence-electron chi connectivity index (χ3n) is 1.97. The summed E-state index contributed by atoms with van der Waals surface area (Å²) in [4.78, 5) is 4.07. The van der Waals surface area contributed by atoms with Gasteiger partial charge >= 0.3 is 0 Å². The van der Waals surface area contributed by atoms with Gasteiger partial charge in [0.1, 0.15) is 5.15 Å². The van der Waals surface area contributed by atoms with Gasteiger partial charge in [0, 0.05) is 12.2 Å². The molecule has 0 saturated heterocycles. The van der Waals surface area contributed by atoms with Crippen molar-refractivity contribution in [3.8, 4) is 0 Å². The Morgan fingerprint density at radius 2 is 2.25 bits per heavy atom. The summed E-state index contributed by atoms with van der Waals surface area (Å²) in [6.07, 6.45) is 1.80. The number of nitrogens with one attached hydrogen (secondary N) is 1. The van der Waals surface area contributed by atoms with Crippen molar-refractivity contribution in [3.05, 3.63) is 28.5 Å². The van der Waals surface area contributed by atoms with Crippen LogP contribution in [0.5, 0.6) is 0 Å². The molecule has 0 amide bonds. The second-order valence-corrected chi connectivity index (χ2v) is 3.24. The minimum Gasteiger partial charge on any atom is -0.313 e. The molecule has 1 N–H and O–H groups in total. The Hall–Kier alpha value is -0.600. The number of aryl methyl sites for hydroxylation is 1. The lowest BCUT2D eigenvalue weighted by atomic mass is 10.1. The Labute approximate surface area is 78.0 Å². The Balaban J connectivity index is 2.96. The molecular formula is C9H13ClN2. The molecule has 0 saturated carbocycles. The number of rotatable bonds is 2. The fourth-order valence-corrected chi connectivity index (χ4v) is 1.09. The predicted octanol–water partition coefficient (Wildman–Crippen LogP) is 2.32. The van der Waals surface area contributed by atoms with E-state index in [2.05, 4.69) is 23.3 Å². The number of pyridine rings is 1. The van der Waals surface area contributed by atoms with E-state index < -0.39 is 0 Å². The van der Waals surface area contributed by atoms with Gasteiger partial charge in [-0.25, -0.2) is 4.98 Å². The molecular weight excluding hydrogens is 172 g/mol. The molecule has 1 aromatic rings. The van der Waals surface area contributed by atoms with E-state index in [0.29, 0.717) is 11.2 Å². The normalized spacial score (nSPS) is 13.0. The van der Waals surface area contributed by atoms with Crippen molar-refractivity contribution >= 4 is 11.6 Å². The van der Waals surface area contributed by atoms with Crippen molar-refractivity contribution in [2.45, 2.75) is 19.9 Å². The average molecular weight is 185 g/mol. The minimum absolute atomic E-state index is 0.327. The molecule has 1 atom stereocenters. The molecule has 66 valence electrons. The van der Waals surface area contributed by atoms with Crippen molar-refractivity contribution < 1.29 is 0 Å². The van der Waals surface area contributed by atoms with Crippen LogP contribution in [0.3, 0.4) is 0 Å². The van der Waals surface area contributed by atoms with Gasteiger partial charge in [-0.2, -0.15) is 0 Å². The van der Waals surface area contributed by atoms with Crippen molar-refractivity contribution in [1.29, 1.82) is 0 Å². The molecule has 0 unspecified atom stereocenters. The fraction of sp³-hybridized carbons (Fsp3) is 0.444. The minimum atomic E-state index is 0.327. The molecule has 0 aliphatic rings. The van der Waals surface area contributed by atoms with E-state index in [-0.39, 0.29) is 0 Å². The molecule has 3 heteroatoms. The maximum absolute atomic E-state index is 5.80. The highest BCUT2D eigenvalue weighted by atomic mass is 35.5. The van der Waals surface area contributed by atoms with Gasteiger partial charge in [-0.3, -0.25) is 0 Å². The summed E-state index contributed by atoms with van der Waals surface area (Å²) >= 11 is 5.80. The van der Waals surface area contributed by atoms with E-state index in [1.165, 1.54) is 5.56 Å². The van der Waals surface area contributed by atoms with Crippen LogP contribution in [0.15, 0.2) is 12.3 Å². The van der Waals surface area contributed by atoms with Crippen molar-refractivity contribution in [3.63, 3.8) is 0 Å².